The zero-order chi connectivity index (χ0) is 10.8. The van der Waals surface area contributed by atoms with Gasteiger partial charge < -0.3 is 4.74 Å². The summed E-state index contributed by atoms with van der Waals surface area (Å²) in [5, 5.41) is 0. The monoisotopic (exact) mass is 214 g/mol. The van der Waals surface area contributed by atoms with Crippen LogP contribution in [0.4, 0.5) is 0 Å². The van der Waals surface area contributed by atoms with E-state index in [1.54, 1.807) is 6.08 Å². The van der Waals surface area contributed by atoms with Gasteiger partial charge in [-0.2, -0.15) is 0 Å². The number of hydrogen-bond donors (Lipinski definition) is 0. The van der Waals surface area contributed by atoms with Crippen LogP contribution in [0.1, 0.15) is 27.2 Å². The predicted molar refractivity (Wildman–Crippen MR) is 57.3 cm³/mol. The molecule has 0 aromatic rings. The van der Waals surface area contributed by atoms with Crippen molar-refractivity contribution in [3.63, 3.8) is 0 Å². The maximum Gasteiger partial charge on any atom is 0.338 e. The number of carbonyl (C=O) groups excluding carboxylic acids is 1. The van der Waals surface area contributed by atoms with Crippen molar-refractivity contribution >= 4 is 17.6 Å². The third-order valence-electron chi connectivity index (χ3n) is 1.91. The van der Waals surface area contributed by atoms with Gasteiger partial charge in [0.05, 0.1) is 16.6 Å². The topological polar surface area (TPSA) is 26.3 Å². The van der Waals surface area contributed by atoms with Crippen LogP contribution in [0.15, 0.2) is 23.8 Å². The molecule has 78 valence electrons. The average Bonchev–Trinajstić information content (AvgIpc) is 2.02. The normalized spacial score (nSPS) is 26.2. The lowest BCUT2D eigenvalue weighted by molar-refractivity contribution is -0.142. The van der Waals surface area contributed by atoms with E-state index in [1.165, 1.54) is 0 Å². The van der Waals surface area contributed by atoms with Crippen molar-refractivity contribution in [2.45, 2.75) is 38.2 Å². The molecule has 0 aromatic carbocycles. The second kappa shape index (κ2) is 4.18. The van der Waals surface area contributed by atoms with Crippen LogP contribution in [-0.4, -0.2) is 16.9 Å². The highest BCUT2D eigenvalue weighted by Crippen LogP contribution is 2.27. The van der Waals surface area contributed by atoms with E-state index < -0.39 is 0 Å². The Morgan fingerprint density at radius 3 is 2.71 bits per heavy atom. The first-order valence-electron chi connectivity index (χ1n) is 4.70. The minimum absolute atomic E-state index is 0.0823. The first-order valence-corrected chi connectivity index (χ1v) is 5.08. The number of halogens is 1. The van der Waals surface area contributed by atoms with Gasteiger partial charge in [-0.1, -0.05) is 18.2 Å². The largest absolute Gasteiger partial charge is 0.459 e. The number of esters is 1. The Kier molecular flexibility index (Phi) is 3.38. The summed E-state index contributed by atoms with van der Waals surface area (Å²) in [6.07, 6.45) is 5.94. The molecule has 2 nitrogen and oxygen atoms in total. The number of allylic oxidation sites excluding steroid dienone is 2. The molecule has 0 saturated carbocycles. The molecule has 0 fully saturated rings. The molecule has 1 unspecified atom stereocenters. The molecule has 0 radical (unpaired) electrons. The summed E-state index contributed by atoms with van der Waals surface area (Å²) < 4.78 is 5.06. The van der Waals surface area contributed by atoms with E-state index in [4.69, 9.17) is 16.3 Å². The molecule has 14 heavy (non-hydrogen) atoms. The highest BCUT2D eigenvalue weighted by atomic mass is 35.5. The summed E-state index contributed by atoms with van der Waals surface area (Å²) >= 11 is 6.06. The van der Waals surface area contributed by atoms with Crippen LogP contribution in [0.3, 0.4) is 0 Å². The van der Waals surface area contributed by atoms with Crippen LogP contribution >= 0.6 is 11.6 Å². The van der Waals surface area contributed by atoms with E-state index in [9.17, 15) is 4.79 Å². The average molecular weight is 215 g/mol. The van der Waals surface area contributed by atoms with Gasteiger partial charge in [-0.05, 0) is 27.2 Å². The number of rotatable bonds is 2. The second-order valence-electron chi connectivity index (χ2n) is 3.93. The van der Waals surface area contributed by atoms with Crippen molar-refractivity contribution in [3.8, 4) is 0 Å². The summed E-state index contributed by atoms with van der Waals surface area (Å²) in [6, 6.07) is 0. The van der Waals surface area contributed by atoms with Crippen molar-refractivity contribution in [1.82, 2.24) is 0 Å². The lowest BCUT2D eigenvalue weighted by atomic mass is 9.98. The van der Waals surface area contributed by atoms with Crippen molar-refractivity contribution in [3.05, 3.63) is 23.8 Å². The minimum atomic E-state index is -0.360. The fourth-order valence-corrected chi connectivity index (χ4v) is 1.28. The molecule has 0 spiro atoms. The standard InChI is InChI=1S/C11H15ClO2/c1-8(2)14-10(13)9-4-6-11(3,12)7-5-9/h4-6,8H,7H2,1-3H3. The molecular weight excluding hydrogens is 200 g/mol. The van der Waals surface area contributed by atoms with Crippen molar-refractivity contribution < 1.29 is 9.53 Å². The molecule has 1 rings (SSSR count). The Hall–Kier alpha value is -0.760. The quantitative estimate of drug-likeness (QED) is 0.522. The van der Waals surface area contributed by atoms with Crippen molar-refractivity contribution in [2.75, 3.05) is 0 Å². The summed E-state index contributed by atoms with van der Waals surface area (Å²) in [5.74, 6) is -0.275. The lowest BCUT2D eigenvalue weighted by Gasteiger charge is -2.19. The zero-order valence-corrected chi connectivity index (χ0v) is 9.47. The summed E-state index contributed by atoms with van der Waals surface area (Å²) in [7, 11) is 0. The molecule has 0 N–H and O–H groups in total. The molecule has 0 aliphatic heterocycles. The fraction of sp³-hybridized carbons (Fsp3) is 0.545. The minimum Gasteiger partial charge on any atom is -0.459 e. The molecule has 1 atom stereocenters. The van der Waals surface area contributed by atoms with Gasteiger partial charge in [-0.3, -0.25) is 0 Å². The predicted octanol–water partition coefficient (Wildman–Crippen LogP) is 2.82. The third kappa shape index (κ3) is 3.18. The SMILES string of the molecule is CC(C)OC(=O)C1=CCC(C)(Cl)C=C1. The van der Waals surface area contributed by atoms with Gasteiger partial charge in [0, 0.05) is 0 Å². The molecule has 1 aliphatic carbocycles. The smallest absolute Gasteiger partial charge is 0.338 e. The van der Waals surface area contributed by atoms with Crippen LogP contribution in [0.5, 0.6) is 0 Å². The molecule has 3 heteroatoms. The third-order valence-corrected chi connectivity index (χ3v) is 2.19. The summed E-state index contributed by atoms with van der Waals surface area (Å²) in [6.45, 7) is 5.57. The molecule has 0 aromatic heterocycles. The molecule has 0 saturated heterocycles. The van der Waals surface area contributed by atoms with E-state index in [1.807, 2.05) is 32.9 Å². The van der Waals surface area contributed by atoms with Crippen LogP contribution < -0.4 is 0 Å². The number of hydrogen-bond acceptors (Lipinski definition) is 2. The van der Waals surface area contributed by atoms with Crippen LogP contribution in [0.25, 0.3) is 0 Å². The lowest BCUT2D eigenvalue weighted by Crippen LogP contribution is -2.19. The Balaban J connectivity index is 2.61. The maximum atomic E-state index is 11.4. The van der Waals surface area contributed by atoms with Gasteiger partial charge in [-0.15, -0.1) is 11.6 Å². The zero-order valence-electron chi connectivity index (χ0n) is 8.71. The van der Waals surface area contributed by atoms with Crippen molar-refractivity contribution in [2.24, 2.45) is 0 Å². The molecule has 0 bridgehead atoms. The van der Waals surface area contributed by atoms with Crippen LogP contribution in [0, 0.1) is 0 Å². The van der Waals surface area contributed by atoms with Gasteiger partial charge in [0.1, 0.15) is 0 Å². The van der Waals surface area contributed by atoms with E-state index in [0.29, 0.717) is 12.0 Å². The second-order valence-corrected chi connectivity index (χ2v) is 4.79. The maximum absolute atomic E-state index is 11.4. The van der Waals surface area contributed by atoms with Crippen molar-refractivity contribution in [1.29, 1.82) is 0 Å². The highest BCUT2D eigenvalue weighted by Gasteiger charge is 2.21. The highest BCUT2D eigenvalue weighted by molar-refractivity contribution is 6.25. The Labute approximate surface area is 89.6 Å². The van der Waals surface area contributed by atoms with Gasteiger partial charge in [0.15, 0.2) is 0 Å². The van der Waals surface area contributed by atoms with Crippen LogP contribution in [-0.2, 0) is 9.53 Å². The van der Waals surface area contributed by atoms with E-state index in [0.717, 1.165) is 0 Å². The molecular formula is C11H15ClO2. The Morgan fingerprint density at radius 1 is 1.64 bits per heavy atom. The number of alkyl halides is 1. The van der Waals surface area contributed by atoms with Gasteiger partial charge in [-0.25, -0.2) is 4.79 Å². The first kappa shape index (κ1) is 11.3. The Morgan fingerprint density at radius 2 is 2.29 bits per heavy atom. The molecule has 0 amide bonds. The van der Waals surface area contributed by atoms with Gasteiger partial charge >= 0.3 is 5.97 Å². The summed E-state index contributed by atoms with van der Waals surface area (Å²) in [5.41, 5.74) is 0.594. The Bertz CT molecular complexity index is 288. The fourth-order valence-electron chi connectivity index (χ4n) is 1.14. The molecule has 0 heterocycles. The van der Waals surface area contributed by atoms with Crippen LogP contribution in [0.2, 0.25) is 0 Å². The van der Waals surface area contributed by atoms with E-state index >= 15 is 0 Å². The number of carbonyl (C=O) groups is 1. The van der Waals surface area contributed by atoms with E-state index in [-0.39, 0.29) is 16.9 Å². The van der Waals surface area contributed by atoms with Gasteiger partial charge in [0.2, 0.25) is 0 Å². The van der Waals surface area contributed by atoms with Gasteiger partial charge in [0.25, 0.3) is 0 Å². The summed E-state index contributed by atoms with van der Waals surface area (Å²) in [4.78, 5) is 11.1. The number of ether oxygens (including phenoxy) is 1. The van der Waals surface area contributed by atoms with E-state index in [2.05, 4.69) is 0 Å². The first-order chi connectivity index (χ1) is 6.41. The molecule has 1 aliphatic rings.